The Morgan fingerprint density at radius 3 is 2.55 bits per heavy atom. The highest BCUT2D eigenvalue weighted by Gasteiger charge is 2.68. The van der Waals surface area contributed by atoms with E-state index in [9.17, 15) is 34.8 Å². The number of amides is 1. The second-order valence-corrected chi connectivity index (χ2v) is 13.1. The molecule has 1 aromatic rings. The molecule has 1 amide bonds. The van der Waals surface area contributed by atoms with Gasteiger partial charge in [-0.15, -0.1) is 0 Å². The second kappa shape index (κ2) is 11.5. The number of ketones is 1. The van der Waals surface area contributed by atoms with Gasteiger partial charge in [0.15, 0.2) is 12.4 Å². The number of Topliss-reactive ketones (excluding diaryl/α,β-unsaturated/α-hetero) is 1. The van der Waals surface area contributed by atoms with Crippen molar-refractivity contribution in [2.45, 2.75) is 83.0 Å². The molecule has 4 aliphatic carbocycles. The average Bonchev–Trinajstić information content (AvgIpc) is 3.23. The van der Waals surface area contributed by atoms with Gasteiger partial charge in [-0.05, 0) is 79.8 Å². The Balaban J connectivity index is 1.23. The molecule has 0 bridgehead atoms. The molecule has 5 rings (SSSR count). The van der Waals surface area contributed by atoms with E-state index in [0.29, 0.717) is 31.4 Å². The maximum atomic E-state index is 12.6. The predicted octanol–water partition coefficient (Wildman–Crippen LogP) is 2.40. The van der Waals surface area contributed by atoms with Crippen LogP contribution in [0.5, 0.6) is 0 Å². The van der Waals surface area contributed by atoms with Gasteiger partial charge in [-0.3, -0.25) is 9.59 Å². The van der Waals surface area contributed by atoms with Gasteiger partial charge < -0.3 is 30.6 Å². The van der Waals surface area contributed by atoms with Crippen LogP contribution in [-0.2, 0) is 25.6 Å². The van der Waals surface area contributed by atoms with E-state index in [2.05, 4.69) is 17.4 Å². The first kappa shape index (κ1) is 30.4. The summed E-state index contributed by atoms with van der Waals surface area (Å²) >= 11 is 0. The fourth-order valence-corrected chi connectivity index (χ4v) is 8.82. The normalized spacial score (nSPS) is 37.1. The smallest absolute Gasteiger partial charge is 0.326 e. The van der Waals surface area contributed by atoms with Gasteiger partial charge in [0.25, 0.3) is 5.91 Å². The molecule has 10 heteroatoms. The van der Waals surface area contributed by atoms with Crippen LogP contribution in [0.3, 0.4) is 0 Å². The van der Waals surface area contributed by atoms with E-state index in [0.717, 1.165) is 24.8 Å². The number of nitrogens with one attached hydrogen (secondary N) is 1. The molecular formula is C32H42N2O8. The zero-order valence-electron chi connectivity index (χ0n) is 24.3. The Hall–Kier alpha value is -3.08. The molecule has 228 valence electrons. The van der Waals surface area contributed by atoms with Crippen LogP contribution in [0.15, 0.2) is 47.1 Å². The molecule has 1 aromatic carbocycles. The van der Waals surface area contributed by atoms with Crippen LogP contribution in [0.25, 0.3) is 0 Å². The number of hydrogen-bond donors (Lipinski definition) is 5. The van der Waals surface area contributed by atoms with Gasteiger partial charge in [0.2, 0.25) is 0 Å². The van der Waals surface area contributed by atoms with Crippen LogP contribution in [0, 0.1) is 28.6 Å². The third kappa shape index (κ3) is 5.18. The highest BCUT2D eigenvalue weighted by Crippen LogP contribution is 2.67. The number of aliphatic hydroxyl groups excluding tert-OH is 2. The Kier molecular flexibility index (Phi) is 8.35. The van der Waals surface area contributed by atoms with Gasteiger partial charge in [-0.1, -0.05) is 54.9 Å². The minimum absolute atomic E-state index is 0.0204. The van der Waals surface area contributed by atoms with Crippen molar-refractivity contribution in [3.05, 3.63) is 47.5 Å². The number of carbonyl (C=O) groups excluding carboxylic acids is 2. The number of carbonyl (C=O) groups is 3. The number of benzene rings is 1. The molecule has 5 N–H and O–H groups in total. The third-order valence-corrected chi connectivity index (χ3v) is 11.0. The minimum Gasteiger partial charge on any atom is -0.480 e. The topological polar surface area (TPSA) is 166 Å². The number of hydrogen-bond acceptors (Lipinski definition) is 8. The Labute approximate surface area is 245 Å². The fourth-order valence-electron chi connectivity index (χ4n) is 8.82. The third-order valence-electron chi connectivity index (χ3n) is 11.0. The summed E-state index contributed by atoms with van der Waals surface area (Å²) in [4.78, 5) is 42.0. The quantitative estimate of drug-likeness (QED) is 0.277. The number of aliphatic carboxylic acids is 1. The standard InChI is InChI=1S/C32H42N2O8/c1-30-12-10-21(34-42-18-27(38)33-24(29(39)40)14-19-6-4-3-5-7-19)15-20(30)8-9-22-23-11-13-32(41,26(37)17-35)31(23,2)16-25(36)28(22)30/h3-7,15,22-25,28,35-36,41H,8-14,16-18H2,1-2H3,(H,33,38)(H,39,40)/t22-,23+,24-,25+,28+,30+,31+,32+/m1/s1. The molecule has 42 heavy (non-hydrogen) atoms. The molecule has 0 spiro atoms. The Bertz CT molecular complexity index is 1280. The van der Waals surface area contributed by atoms with Crippen molar-refractivity contribution < 1.29 is 39.6 Å². The molecule has 8 atom stereocenters. The van der Waals surface area contributed by atoms with Gasteiger partial charge in [0.05, 0.1) is 11.8 Å². The highest BCUT2D eigenvalue weighted by atomic mass is 16.6. The molecule has 0 radical (unpaired) electrons. The highest BCUT2D eigenvalue weighted by molar-refractivity contribution is 5.96. The summed E-state index contributed by atoms with van der Waals surface area (Å²) in [6.07, 6.45) is 5.74. The Morgan fingerprint density at radius 1 is 1.12 bits per heavy atom. The molecule has 3 saturated carbocycles. The lowest BCUT2D eigenvalue weighted by atomic mass is 9.45. The Morgan fingerprint density at radius 2 is 1.86 bits per heavy atom. The predicted molar refractivity (Wildman–Crippen MR) is 153 cm³/mol. The zero-order chi connectivity index (χ0) is 30.3. The molecule has 0 aliphatic heterocycles. The van der Waals surface area contributed by atoms with Crippen molar-refractivity contribution in [3.63, 3.8) is 0 Å². The van der Waals surface area contributed by atoms with Crippen molar-refractivity contribution in [2.24, 2.45) is 33.7 Å². The maximum absolute atomic E-state index is 12.6. The van der Waals surface area contributed by atoms with E-state index < -0.39 is 54.0 Å². The molecule has 3 fully saturated rings. The van der Waals surface area contributed by atoms with Crippen molar-refractivity contribution in [1.29, 1.82) is 0 Å². The average molecular weight is 583 g/mol. The van der Waals surface area contributed by atoms with Crippen molar-refractivity contribution in [1.82, 2.24) is 5.32 Å². The van der Waals surface area contributed by atoms with Gasteiger partial charge in [-0.25, -0.2) is 4.79 Å². The summed E-state index contributed by atoms with van der Waals surface area (Å²) in [6, 6.07) is 7.99. The van der Waals surface area contributed by atoms with Gasteiger partial charge >= 0.3 is 5.97 Å². The number of nitrogens with zero attached hydrogens (tertiary/aromatic N) is 1. The molecule has 0 aromatic heterocycles. The lowest BCUT2D eigenvalue weighted by Crippen LogP contribution is -2.62. The summed E-state index contributed by atoms with van der Waals surface area (Å²) in [5.74, 6) is -2.04. The monoisotopic (exact) mass is 582 g/mol. The lowest BCUT2D eigenvalue weighted by molar-refractivity contribution is -0.181. The molecule has 0 unspecified atom stereocenters. The number of rotatable bonds is 9. The largest absolute Gasteiger partial charge is 0.480 e. The molecular weight excluding hydrogens is 540 g/mol. The van der Waals surface area contributed by atoms with Crippen molar-refractivity contribution in [2.75, 3.05) is 13.2 Å². The van der Waals surface area contributed by atoms with Gasteiger partial charge in [0, 0.05) is 11.8 Å². The van der Waals surface area contributed by atoms with Crippen LogP contribution in [0.4, 0.5) is 0 Å². The number of oxime groups is 1. The number of carboxylic acids is 1. The maximum Gasteiger partial charge on any atom is 0.326 e. The first-order chi connectivity index (χ1) is 19.9. The number of carboxylic acid groups (broad SMARTS) is 1. The van der Waals surface area contributed by atoms with E-state index in [1.54, 1.807) is 12.1 Å². The van der Waals surface area contributed by atoms with Crippen molar-refractivity contribution in [3.8, 4) is 0 Å². The summed E-state index contributed by atoms with van der Waals surface area (Å²) < 4.78 is 0. The fraction of sp³-hybridized carbons (Fsp3) is 0.625. The second-order valence-electron chi connectivity index (χ2n) is 13.1. The van der Waals surface area contributed by atoms with E-state index in [1.807, 2.05) is 31.2 Å². The number of allylic oxidation sites excluding steroid dienone is 2. The van der Waals surface area contributed by atoms with E-state index in [-0.39, 0.29) is 29.6 Å². The van der Waals surface area contributed by atoms with Gasteiger partial charge in [-0.2, -0.15) is 0 Å². The minimum atomic E-state index is -1.61. The molecule has 0 saturated heterocycles. The van der Waals surface area contributed by atoms with E-state index in [4.69, 9.17) is 4.84 Å². The van der Waals surface area contributed by atoms with Crippen LogP contribution in [0.2, 0.25) is 0 Å². The summed E-state index contributed by atoms with van der Waals surface area (Å²) in [7, 11) is 0. The number of aliphatic hydroxyl groups is 3. The summed E-state index contributed by atoms with van der Waals surface area (Å²) in [6.45, 7) is 2.99. The van der Waals surface area contributed by atoms with Crippen LogP contribution < -0.4 is 5.32 Å². The summed E-state index contributed by atoms with van der Waals surface area (Å²) in [5.41, 5.74) is 0.0184. The first-order valence-electron chi connectivity index (χ1n) is 14.9. The van der Waals surface area contributed by atoms with Crippen LogP contribution >= 0.6 is 0 Å². The molecule has 4 aliphatic rings. The van der Waals surface area contributed by atoms with Gasteiger partial charge in [0.1, 0.15) is 18.2 Å². The lowest BCUT2D eigenvalue weighted by Gasteiger charge is -2.60. The number of fused-ring (bicyclic) bond motifs is 5. The van der Waals surface area contributed by atoms with Crippen LogP contribution in [0.1, 0.15) is 64.4 Å². The molecule has 0 heterocycles. The molecule has 10 nitrogen and oxygen atoms in total. The SMILES string of the molecule is C[C@]12CCC(=NOCC(=O)N[C@H](Cc3ccccc3)C(=O)O)C=C1CC[C@H]1[C@H]2[C@@H](O)C[C@@]2(C)[C@H]1CC[C@]2(O)C(=O)CO. The van der Waals surface area contributed by atoms with E-state index >= 15 is 0 Å². The van der Waals surface area contributed by atoms with Crippen molar-refractivity contribution >= 4 is 23.4 Å². The van der Waals surface area contributed by atoms with Crippen LogP contribution in [-0.4, -0.2) is 74.8 Å². The van der Waals surface area contributed by atoms with E-state index in [1.165, 1.54) is 5.57 Å². The zero-order valence-corrected chi connectivity index (χ0v) is 24.3. The first-order valence-corrected chi connectivity index (χ1v) is 14.9. The summed E-state index contributed by atoms with van der Waals surface area (Å²) in [5, 5.41) is 48.7.